The Morgan fingerprint density at radius 1 is 1.22 bits per heavy atom. The van der Waals surface area contributed by atoms with E-state index in [2.05, 4.69) is 20.7 Å². The van der Waals surface area contributed by atoms with Gasteiger partial charge in [-0.25, -0.2) is 4.68 Å². The van der Waals surface area contributed by atoms with Gasteiger partial charge in [-0.2, -0.15) is 10.1 Å². The average molecular weight is 436 g/mol. The predicted molar refractivity (Wildman–Crippen MR) is 116 cm³/mol. The number of nitrogens with one attached hydrogen (secondary N) is 2. The molecule has 2 aromatic carbocycles. The molecule has 0 spiro atoms. The first kappa shape index (κ1) is 20.8. The number of anilines is 2. The highest BCUT2D eigenvalue weighted by Gasteiger charge is 2.34. The Labute approximate surface area is 182 Å². The minimum Gasteiger partial charge on any atom is -0.497 e. The van der Waals surface area contributed by atoms with Crippen molar-refractivity contribution in [2.45, 2.75) is 13.0 Å². The summed E-state index contributed by atoms with van der Waals surface area (Å²) >= 11 is 0. The van der Waals surface area contributed by atoms with Crippen LogP contribution in [0.25, 0.3) is 0 Å². The van der Waals surface area contributed by atoms with E-state index in [0.717, 1.165) is 0 Å². The summed E-state index contributed by atoms with van der Waals surface area (Å²) in [6.45, 7) is 1.74. The number of nitro groups is 1. The Morgan fingerprint density at radius 2 is 2.03 bits per heavy atom. The van der Waals surface area contributed by atoms with E-state index in [-0.39, 0.29) is 5.69 Å². The van der Waals surface area contributed by atoms with Crippen molar-refractivity contribution in [3.8, 4) is 11.5 Å². The van der Waals surface area contributed by atoms with E-state index in [0.29, 0.717) is 40.0 Å². The number of ether oxygens (including phenoxy) is 2. The Morgan fingerprint density at radius 3 is 2.75 bits per heavy atom. The Kier molecular flexibility index (Phi) is 5.46. The first-order valence-corrected chi connectivity index (χ1v) is 9.58. The molecule has 1 aliphatic rings. The quantitative estimate of drug-likeness (QED) is 0.445. The zero-order valence-corrected chi connectivity index (χ0v) is 17.5. The molecule has 164 valence electrons. The van der Waals surface area contributed by atoms with E-state index in [1.165, 1.54) is 37.4 Å². The molecule has 1 amide bonds. The summed E-state index contributed by atoms with van der Waals surface area (Å²) in [7, 11) is 3.02. The van der Waals surface area contributed by atoms with Gasteiger partial charge in [-0.1, -0.05) is 12.1 Å². The number of benzene rings is 2. The van der Waals surface area contributed by atoms with Crippen molar-refractivity contribution in [2.24, 2.45) is 0 Å². The molecule has 0 saturated heterocycles. The summed E-state index contributed by atoms with van der Waals surface area (Å²) in [5.74, 6) is 0.991. The molecule has 1 aliphatic heterocycles. The van der Waals surface area contributed by atoms with Crippen LogP contribution in [-0.4, -0.2) is 39.8 Å². The lowest BCUT2D eigenvalue weighted by atomic mass is 9.94. The number of non-ortho nitro benzene ring substituents is 1. The Hall–Kier alpha value is -4.41. The first-order chi connectivity index (χ1) is 15.4. The second-order valence-corrected chi connectivity index (χ2v) is 6.97. The molecule has 11 nitrogen and oxygen atoms in total. The molecule has 0 bridgehead atoms. The standard InChI is InChI=1S/C21H20N6O5/c1-12-18(20(28)25-16-10-15(31-2)7-8-17(16)32-3)19(26-21(24-12)22-11-23-26)13-5-4-6-14(9-13)27(29)30/h4-11,19H,1-3H3,(H,25,28)(H,22,23,24)/t19-/m1/s1. The Balaban J connectivity index is 1.78. The van der Waals surface area contributed by atoms with E-state index in [9.17, 15) is 14.9 Å². The van der Waals surface area contributed by atoms with Gasteiger partial charge in [-0.15, -0.1) is 0 Å². The fraction of sp³-hybridized carbons (Fsp3) is 0.190. The van der Waals surface area contributed by atoms with Crippen molar-refractivity contribution in [1.82, 2.24) is 14.8 Å². The maximum atomic E-state index is 13.5. The minimum absolute atomic E-state index is 0.0884. The Bertz CT molecular complexity index is 1230. The lowest BCUT2D eigenvalue weighted by molar-refractivity contribution is -0.384. The molecular weight excluding hydrogens is 416 g/mol. The van der Waals surface area contributed by atoms with Crippen LogP contribution in [0, 0.1) is 10.1 Å². The normalized spacial score (nSPS) is 14.9. The zero-order valence-electron chi connectivity index (χ0n) is 17.5. The van der Waals surface area contributed by atoms with Gasteiger partial charge in [-0.3, -0.25) is 14.9 Å². The van der Waals surface area contributed by atoms with Crippen LogP contribution < -0.4 is 20.1 Å². The topological polar surface area (TPSA) is 133 Å². The van der Waals surface area contributed by atoms with Crippen molar-refractivity contribution in [2.75, 3.05) is 24.9 Å². The van der Waals surface area contributed by atoms with Crippen LogP contribution in [0.2, 0.25) is 0 Å². The first-order valence-electron chi connectivity index (χ1n) is 9.58. The maximum Gasteiger partial charge on any atom is 0.269 e. The number of carbonyl (C=O) groups excluding carboxylic acids is 1. The fourth-order valence-electron chi connectivity index (χ4n) is 3.60. The summed E-state index contributed by atoms with van der Waals surface area (Å²) < 4.78 is 12.1. The van der Waals surface area contributed by atoms with E-state index in [1.54, 1.807) is 37.3 Å². The van der Waals surface area contributed by atoms with Crippen LogP contribution in [-0.2, 0) is 4.79 Å². The number of hydrogen-bond donors (Lipinski definition) is 2. The van der Waals surface area contributed by atoms with E-state index in [1.807, 2.05) is 0 Å². The molecule has 3 aromatic rings. The van der Waals surface area contributed by atoms with Crippen LogP contribution in [0.3, 0.4) is 0 Å². The van der Waals surface area contributed by atoms with Crippen molar-refractivity contribution in [1.29, 1.82) is 0 Å². The molecule has 0 fully saturated rings. The highest BCUT2D eigenvalue weighted by atomic mass is 16.6. The number of fused-ring (bicyclic) bond motifs is 1. The van der Waals surface area contributed by atoms with Crippen LogP contribution in [0.1, 0.15) is 18.5 Å². The third kappa shape index (κ3) is 3.71. The molecular formula is C21H20N6O5. The van der Waals surface area contributed by atoms with Crippen molar-refractivity contribution in [3.63, 3.8) is 0 Å². The average Bonchev–Trinajstić information content (AvgIpc) is 3.25. The number of hydrogen-bond acceptors (Lipinski definition) is 8. The number of aromatic nitrogens is 3. The molecule has 0 unspecified atom stereocenters. The second kappa shape index (κ2) is 8.38. The molecule has 1 aromatic heterocycles. The van der Waals surface area contributed by atoms with E-state index in [4.69, 9.17) is 9.47 Å². The van der Waals surface area contributed by atoms with Crippen molar-refractivity contribution in [3.05, 3.63) is 75.7 Å². The molecule has 2 N–H and O–H groups in total. The highest BCUT2D eigenvalue weighted by Crippen LogP contribution is 2.37. The summed E-state index contributed by atoms with van der Waals surface area (Å²) in [5.41, 5.74) is 1.72. The summed E-state index contributed by atoms with van der Waals surface area (Å²) in [6.07, 6.45) is 1.35. The predicted octanol–water partition coefficient (Wildman–Crippen LogP) is 3.13. The number of amides is 1. The smallest absolute Gasteiger partial charge is 0.269 e. The van der Waals surface area contributed by atoms with Gasteiger partial charge in [0.25, 0.3) is 11.6 Å². The molecule has 1 atom stereocenters. The largest absolute Gasteiger partial charge is 0.497 e. The molecule has 0 radical (unpaired) electrons. The number of nitrogens with zero attached hydrogens (tertiary/aromatic N) is 4. The number of rotatable bonds is 6. The number of carbonyl (C=O) groups is 1. The SMILES string of the molecule is COc1ccc(OC)c(NC(=O)C2=C(C)Nc3ncnn3[C@@H]2c2cccc([N+](=O)[O-])c2)c1. The zero-order chi connectivity index (χ0) is 22.8. The lowest BCUT2D eigenvalue weighted by Gasteiger charge is -2.28. The lowest BCUT2D eigenvalue weighted by Crippen LogP contribution is -2.31. The van der Waals surface area contributed by atoms with E-state index < -0.39 is 16.9 Å². The van der Waals surface area contributed by atoms with Gasteiger partial charge in [0.05, 0.1) is 30.4 Å². The monoisotopic (exact) mass is 436 g/mol. The van der Waals surface area contributed by atoms with Crippen LogP contribution in [0.15, 0.2) is 60.1 Å². The number of allylic oxidation sites excluding steroid dienone is 1. The van der Waals surface area contributed by atoms with Gasteiger partial charge >= 0.3 is 0 Å². The molecule has 32 heavy (non-hydrogen) atoms. The van der Waals surface area contributed by atoms with Gasteiger partial charge in [0.15, 0.2) is 0 Å². The third-order valence-corrected chi connectivity index (χ3v) is 5.09. The number of methoxy groups -OCH3 is 2. The second-order valence-electron chi connectivity index (χ2n) is 6.97. The third-order valence-electron chi connectivity index (χ3n) is 5.09. The summed E-state index contributed by atoms with van der Waals surface area (Å²) in [5, 5.41) is 21.5. The molecule has 0 saturated carbocycles. The van der Waals surface area contributed by atoms with Crippen LogP contribution >= 0.6 is 0 Å². The van der Waals surface area contributed by atoms with Crippen molar-refractivity contribution < 1.29 is 19.2 Å². The fourth-order valence-corrected chi connectivity index (χ4v) is 3.60. The summed E-state index contributed by atoms with van der Waals surface area (Å²) in [4.78, 5) is 28.5. The van der Waals surface area contributed by atoms with Gasteiger partial charge in [0, 0.05) is 23.9 Å². The minimum atomic E-state index is -0.731. The summed E-state index contributed by atoms with van der Waals surface area (Å²) in [6, 6.07) is 10.4. The maximum absolute atomic E-state index is 13.5. The molecule has 4 rings (SSSR count). The molecule has 11 heteroatoms. The van der Waals surface area contributed by atoms with Crippen molar-refractivity contribution >= 4 is 23.2 Å². The van der Waals surface area contributed by atoms with Gasteiger partial charge < -0.3 is 20.1 Å². The highest BCUT2D eigenvalue weighted by molar-refractivity contribution is 6.06. The van der Waals surface area contributed by atoms with Gasteiger partial charge in [-0.05, 0) is 24.6 Å². The van der Waals surface area contributed by atoms with E-state index >= 15 is 0 Å². The number of nitro benzene ring substituents is 1. The van der Waals surface area contributed by atoms with Gasteiger partial charge in [0.2, 0.25) is 5.95 Å². The molecule has 2 heterocycles. The molecule has 0 aliphatic carbocycles. The van der Waals surface area contributed by atoms with Crippen LogP contribution in [0.4, 0.5) is 17.3 Å². The van der Waals surface area contributed by atoms with Gasteiger partial charge in [0.1, 0.15) is 23.9 Å². The van der Waals surface area contributed by atoms with Crippen LogP contribution in [0.5, 0.6) is 11.5 Å².